The van der Waals surface area contributed by atoms with Gasteiger partial charge in [-0.1, -0.05) is 19.8 Å². The van der Waals surface area contributed by atoms with Gasteiger partial charge in [0.05, 0.1) is 11.6 Å². The van der Waals surface area contributed by atoms with Crippen LogP contribution in [0.15, 0.2) is 24.3 Å². The van der Waals surface area contributed by atoms with Gasteiger partial charge in [-0.3, -0.25) is 4.79 Å². The zero-order valence-electron chi connectivity index (χ0n) is 11.3. The van der Waals surface area contributed by atoms with Crippen LogP contribution in [0.25, 0.3) is 0 Å². The van der Waals surface area contributed by atoms with Crippen molar-refractivity contribution in [3.05, 3.63) is 29.8 Å². The number of nitrogens with zero attached hydrogens (tertiary/aromatic N) is 1. The van der Waals surface area contributed by atoms with E-state index in [-0.39, 0.29) is 11.5 Å². The molecule has 0 bridgehead atoms. The molecule has 1 atom stereocenters. The number of anilines is 1. The summed E-state index contributed by atoms with van der Waals surface area (Å²) in [5, 5.41) is 8.81. The fourth-order valence-corrected chi connectivity index (χ4v) is 1.75. The van der Waals surface area contributed by atoms with Gasteiger partial charge in [0.1, 0.15) is 0 Å². The predicted molar refractivity (Wildman–Crippen MR) is 74.3 cm³/mol. The van der Waals surface area contributed by atoms with Crippen LogP contribution in [0.1, 0.15) is 36.5 Å². The number of aromatic carboxylic acids is 1. The molecule has 0 aliphatic carbocycles. The smallest absolute Gasteiger partial charge is 0.335 e. The summed E-state index contributed by atoms with van der Waals surface area (Å²) in [6.07, 6.45) is 2.57. The third-order valence-electron chi connectivity index (χ3n) is 3.02. The summed E-state index contributed by atoms with van der Waals surface area (Å²) in [6.45, 7) is 2.05. The van der Waals surface area contributed by atoms with Crippen LogP contribution in [0.5, 0.6) is 0 Å². The van der Waals surface area contributed by atoms with Crippen molar-refractivity contribution in [1.82, 2.24) is 0 Å². The largest absolute Gasteiger partial charge is 0.478 e. The quantitative estimate of drug-likeness (QED) is 0.821. The van der Waals surface area contributed by atoms with Gasteiger partial charge < -0.3 is 15.7 Å². The number of carbonyl (C=O) groups excluding carboxylic acids is 1. The Kier molecular flexibility index (Phi) is 5.51. The van der Waals surface area contributed by atoms with E-state index in [0.717, 1.165) is 12.8 Å². The van der Waals surface area contributed by atoms with Gasteiger partial charge in [0, 0.05) is 12.7 Å². The van der Waals surface area contributed by atoms with Crippen molar-refractivity contribution < 1.29 is 14.7 Å². The summed E-state index contributed by atoms with van der Waals surface area (Å²) in [6, 6.07) is 5.64. The second-order valence-electron chi connectivity index (χ2n) is 4.50. The molecule has 0 spiro atoms. The Morgan fingerprint density at radius 3 is 2.37 bits per heavy atom. The Bertz CT molecular complexity index is 443. The molecule has 0 aromatic heterocycles. The van der Waals surface area contributed by atoms with Crippen LogP contribution < -0.4 is 10.6 Å². The van der Waals surface area contributed by atoms with E-state index in [1.165, 1.54) is 17.0 Å². The van der Waals surface area contributed by atoms with Crippen molar-refractivity contribution in [2.24, 2.45) is 5.73 Å². The van der Waals surface area contributed by atoms with Crippen molar-refractivity contribution >= 4 is 17.6 Å². The molecule has 1 rings (SSSR count). The van der Waals surface area contributed by atoms with E-state index in [9.17, 15) is 9.59 Å². The van der Waals surface area contributed by atoms with Crippen LogP contribution in [-0.4, -0.2) is 30.1 Å². The van der Waals surface area contributed by atoms with E-state index in [1.807, 2.05) is 6.92 Å². The number of hydrogen-bond donors (Lipinski definition) is 2. The van der Waals surface area contributed by atoms with Crippen LogP contribution in [0.4, 0.5) is 5.69 Å². The molecule has 19 heavy (non-hydrogen) atoms. The van der Waals surface area contributed by atoms with Gasteiger partial charge in [-0.2, -0.15) is 0 Å². The van der Waals surface area contributed by atoms with Crippen molar-refractivity contribution in [2.75, 3.05) is 11.9 Å². The van der Waals surface area contributed by atoms with Crippen LogP contribution in [0.3, 0.4) is 0 Å². The zero-order chi connectivity index (χ0) is 14.4. The van der Waals surface area contributed by atoms with E-state index in [1.54, 1.807) is 19.2 Å². The third-order valence-corrected chi connectivity index (χ3v) is 3.02. The molecule has 3 N–H and O–H groups in total. The van der Waals surface area contributed by atoms with E-state index in [4.69, 9.17) is 10.8 Å². The maximum atomic E-state index is 12.1. The Morgan fingerprint density at radius 2 is 1.89 bits per heavy atom. The van der Waals surface area contributed by atoms with Crippen LogP contribution in [0.2, 0.25) is 0 Å². The maximum absolute atomic E-state index is 12.1. The number of rotatable bonds is 6. The summed E-state index contributed by atoms with van der Waals surface area (Å²) in [4.78, 5) is 24.3. The van der Waals surface area contributed by atoms with E-state index in [2.05, 4.69) is 0 Å². The Balaban J connectivity index is 2.73. The average molecular weight is 264 g/mol. The van der Waals surface area contributed by atoms with Crippen molar-refractivity contribution in [2.45, 2.75) is 32.2 Å². The molecule has 1 aromatic rings. The number of amides is 1. The molecule has 0 aliphatic rings. The van der Waals surface area contributed by atoms with Crippen LogP contribution >= 0.6 is 0 Å². The first-order valence-corrected chi connectivity index (χ1v) is 6.34. The summed E-state index contributed by atoms with van der Waals surface area (Å²) in [5.41, 5.74) is 6.67. The third kappa shape index (κ3) is 4.06. The highest BCUT2D eigenvalue weighted by Crippen LogP contribution is 2.15. The first-order valence-electron chi connectivity index (χ1n) is 6.34. The van der Waals surface area contributed by atoms with Gasteiger partial charge in [0.15, 0.2) is 0 Å². The fourth-order valence-electron chi connectivity index (χ4n) is 1.75. The summed E-state index contributed by atoms with van der Waals surface area (Å²) in [7, 11) is 1.64. The SMILES string of the molecule is CCCC[C@H](N)C(=O)N(C)c1ccc(C(=O)O)cc1. The lowest BCUT2D eigenvalue weighted by molar-refractivity contribution is -0.119. The number of carbonyl (C=O) groups is 2. The average Bonchev–Trinajstić information content (AvgIpc) is 2.43. The molecule has 0 radical (unpaired) electrons. The predicted octanol–water partition coefficient (Wildman–Crippen LogP) is 1.87. The molecule has 104 valence electrons. The van der Waals surface area contributed by atoms with Gasteiger partial charge >= 0.3 is 5.97 Å². The first-order chi connectivity index (χ1) is 8.97. The van der Waals surface area contributed by atoms with Gasteiger partial charge in [-0.25, -0.2) is 4.79 Å². The minimum absolute atomic E-state index is 0.156. The molecule has 5 nitrogen and oxygen atoms in total. The standard InChI is InChI=1S/C14H20N2O3/c1-3-4-5-12(15)13(17)16(2)11-8-6-10(7-9-11)14(18)19/h6-9,12H,3-5,15H2,1-2H3,(H,18,19)/t12-/m0/s1. The van der Waals surface area contributed by atoms with Gasteiger partial charge in [-0.05, 0) is 30.7 Å². The normalized spacial score (nSPS) is 11.9. The van der Waals surface area contributed by atoms with Gasteiger partial charge in [-0.15, -0.1) is 0 Å². The van der Waals surface area contributed by atoms with Gasteiger partial charge in [0.25, 0.3) is 0 Å². The lowest BCUT2D eigenvalue weighted by atomic mass is 10.1. The zero-order valence-corrected chi connectivity index (χ0v) is 11.3. The Hall–Kier alpha value is -1.88. The number of carboxylic acid groups (broad SMARTS) is 1. The number of nitrogens with two attached hydrogens (primary N) is 1. The van der Waals surface area contributed by atoms with Crippen LogP contribution in [-0.2, 0) is 4.79 Å². The highest BCUT2D eigenvalue weighted by molar-refractivity contribution is 5.97. The highest BCUT2D eigenvalue weighted by Gasteiger charge is 2.18. The molecule has 0 fully saturated rings. The molecule has 0 saturated carbocycles. The minimum atomic E-state index is -0.986. The molecule has 0 unspecified atom stereocenters. The Labute approximate surface area is 113 Å². The molecule has 1 aromatic carbocycles. The number of benzene rings is 1. The van der Waals surface area contributed by atoms with E-state index >= 15 is 0 Å². The lowest BCUT2D eigenvalue weighted by Gasteiger charge is -2.21. The second-order valence-corrected chi connectivity index (χ2v) is 4.50. The second kappa shape index (κ2) is 6.89. The van der Waals surface area contributed by atoms with Crippen molar-refractivity contribution in [3.63, 3.8) is 0 Å². The van der Waals surface area contributed by atoms with Crippen molar-refractivity contribution in [3.8, 4) is 0 Å². The lowest BCUT2D eigenvalue weighted by Crippen LogP contribution is -2.41. The molecule has 5 heteroatoms. The van der Waals surface area contributed by atoms with E-state index < -0.39 is 12.0 Å². The highest BCUT2D eigenvalue weighted by atomic mass is 16.4. The number of likely N-dealkylation sites (N-methyl/N-ethyl adjacent to an activating group) is 1. The molecule has 1 amide bonds. The first kappa shape index (κ1) is 15.2. The monoisotopic (exact) mass is 264 g/mol. The molecule has 0 saturated heterocycles. The summed E-state index contributed by atoms with van der Waals surface area (Å²) in [5.74, 6) is -1.14. The minimum Gasteiger partial charge on any atom is -0.478 e. The summed E-state index contributed by atoms with van der Waals surface area (Å²) >= 11 is 0. The van der Waals surface area contributed by atoms with Crippen molar-refractivity contribution in [1.29, 1.82) is 0 Å². The molecular formula is C14H20N2O3. The van der Waals surface area contributed by atoms with Gasteiger partial charge in [0.2, 0.25) is 5.91 Å². The number of hydrogen-bond acceptors (Lipinski definition) is 3. The molecular weight excluding hydrogens is 244 g/mol. The summed E-state index contributed by atoms with van der Waals surface area (Å²) < 4.78 is 0. The van der Waals surface area contributed by atoms with E-state index in [0.29, 0.717) is 12.1 Å². The molecule has 0 aliphatic heterocycles. The van der Waals surface area contributed by atoms with Crippen LogP contribution in [0, 0.1) is 0 Å². The molecule has 0 heterocycles. The fraction of sp³-hybridized carbons (Fsp3) is 0.429. The topological polar surface area (TPSA) is 83.6 Å². The Morgan fingerprint density at radius 1 is 1.32 bits per heavy atom. The number of carboxylic acids is 1. The number of unbranched alkanes of at least 4 members (excludes halogenated alkanes) is 1. The maximum Gasteiger partial charge on any atom is 0.335 e.